The lowest BCUT2D eigenvalue weighted by molar-refractivity contribution is -0.137. The zero-order valence-electron chi connectivity index (χ0n) is 10.4. The van der Waals surface area contributed by atoms with Gasteiger partial charge < -0.3 is 10.6 Å². The molecule has 0 radical (unpaired) electrons. The molecule has 0 aliphatic carbocycles. The Kier molecular flexibility index (Phi) is 5.89. The molecule has 3 nitrogen and oxygen atoms in total. The van der Waals surface area contributed by atoms with Crippen LogP contribution in [0.4, 0.5) is 18.9 Å². The van der Waals surface area contributed by atoms with Gasteiger partial charge in [-0.05, 0) is 18.2 Å². The van der Waals surface area contributed by atoms with E-state index in [4.69, 9.17) is 46.4 Å². The molecule has 0 fully saturated rings. The molecule has 1 aromatic carbocycles. The molecule has 21 heavy (non-hydrogen) atoms. The minimum Gasteiger partial charge on any atom is -0.361 e. The third-order valence-electron chi connectivity index (χ3n) is 2.27. The fourth-order valence-electron chi connectivity index (χ4n) is 1.37. The lowest BCUT2D eigenvalue weighted by Gasteiger charge is -2.27. The van der Waals surface area contributed by atoms with Crippen molar-refractivity contribution in [3.63, 3.8) is 0 Å². The van der Waals surface area contributed by atoms with E-state index in [0.717, 1.165) is 18.2 Å². The molecule has 0 bridgehead atoms. The molecule has 0 spiro atoms. The number of carbonyl (C=O) groups is 1. The number of rotatable bonds is 3. The summed E-state index contributed by atoms with van der Waals surface area (Å²) >= 11 is 22.8. The Morgan fingerprint density at radius 1 is 1.24 bits per heavy atom. The SMILES string of the molecule is CC(=O)N[C@H](Nc1cc(C(F)(F)F)ccc1Cl)C(Cl)(Cl)Cl. The maximum Gasteiger partial charge on any atom is 0.416 e. The Hall–Kier alpha value is -0.560. The minimum absolute atomic E-state index is 0.0207. The van der Waals surface area contributed by atoms with Crippen molar-refractivity contribution in [1.29, 1.82) is 0 Å². The molecule has 2 N–H and O–H groups in total. The Bertz CT molecular complexity index is 531. The summed E-state index contributed by atoms with van der Waals surface area (Å²) in [6, 6.07) is 2.62. The summed E-state index contributed by atoms with van der Waals surface area (Å²) < 4.78 is 36.0. The molecule has 0 unspecified atom stereocenters. The third kappa shape index (κ3) is 5.62. The van der Waals surface area contributed by atoms with Gasteiger partial charge >= 0.3 is 6.18 Å². The number of anilines is 1. The second kappa shape index (κ2) is 6.69. The number of benzene rings is 1. The van der Waals surface area contributed by atoms with Gasteiger partial charge in [0.2, 0.25) is 9.70 Å². The first kappa shape index (κ1) is 18.5. The lowest BCUT2D eigenvalue weighted by atomic mass is 10.2. The Morgan fingerprint density at radius 2 is 1.81 bits per heavy atom. The van der Waals surface area contributed by atoms with E-state index in [-0.39, 0.29) is 10.7 Å². The van der Waals surface area contributed by atoms with Crippen molar-refractivity contribution in [2.75, 3.05) is 5.32 Å². The zero-order chi connectivity index (χ0) is 16.4. The molecule has 0 aromatic heterocycles. The topological polar surface area (TPSA) is 41.1 Å². The highest BCUT2D eigenvalue weighted by Crippen LogP contribution is 2.36. The molecule has 118 valence electrons. The highest BCUT2D eigenvalue weighted by molar-refractivity contribution is 6.68. The summed E-state index contributed by atoms with van der Waals surface area (Å²) in [7, 11) is 0. The largest absolute Gasteiger partial charge is 0.416 e. The molecule has 0 saturated heterocycles. The van der Waals surface area contributed by atoms with Crippen molar-refractivity contribution in [2.45, 2.75) is 23.1 Å². The molecule has 1 amide bonds. The van der Waals surface area contributed by atoms with Crippen molar-refractivity contribution in [1.82, 2.24) is 5.32 Å². The van der Waals surface area contributed by atoms with Crippen molar-refractivity contribution in [3.8, 4) is 0 Å². The highest BCUT2D eigenvalue weighted by atomic mass is 35.6. The quantitative estimate of drug-likeness (QED) is 0.591. The van der Waals surface area contributed by atoms with Gasteiger partial charge in [-0.2, -0.15) is 13.2 Å². The van der Waals surface area contributed by atoms with E-state index in [1.54, 1.807) is 0 Å². The summed E-state index contributed by atoms with van der Waals surface area (Å²) in [5.41, 5.74) is -1.06. The number of carbonyl (C=O) groups excluding carboxylic acids is 1. The van der Waals surface area contributed by atoms with Crippen LogP contribution in [0.15, 0.2) is 18.2 Å². The summed E-state index contributed by atoms with van der Waals surface area (Å²) in [5, 5.41) is 4.72. The molecule has 1 rings (SSSR count). The van der Waals surface area contributed by atoms with Gasteiger partial charge in [0.05, 0.1) is 16.3 Å². The van der Waals surface area contributed by atoms with Gasteiger partial charge in [0.1, 0.15) is 6.17 Å². The monoisotopic (exact) mass is 382 g/mol. The van der Waals surface area contributed by atoms with Crippen LogP contribution in [0, 0.1) is 0 Å². The predicted octanol–water partition coefficient (Wildman–Crippen LogP) is 4.60. The first-order chi connectivity index (χ1) is 9.41. The summed E-state index contributed by atoms with van der Waals surface area (Å²) in [5.74, 6) is -0.540. The van der Waals surface area contributed by atoms with Gasteiger partial charge in [-0.1, -0.05) is 46.4 Å². The van der Waals surface area contributed by atoms with Crippen LogP contribution in [0.25, 0.3) is 0 Å². The van der Waals surface area contributed by atoms with E-state index >= 15 is 0 Å². The standard InChI is InChI=1S/C11H9Cl4F3N2O/c1-5(21)19-9(10(13,14)15)20-8-4-6(11(16,17)18)2-3-7(8)12/h2-4,9,20H,1H3,(H,19,21)/t9-/m1/s1. The maximum absolute atomic E-state index is 12.7. The van der Waals surface area contributed by atoms with E-state index in [1.807, 2.05) is 0 Å². The average Bonchev–Trinajstić information content (AvgIpc) is 2.27. The van der Waals surface area contributed by atoms with Gasteiger partial charge in [0.25, 0.3) is 0 Å². The van der Waals surface area contributed by atoms with Crippen LogP contribution < -0.4 is 10.6 Å². The molecule has 10 heteroatoms. The van der Waals surface area contributed by atoms with E-state index in [1.165, 1.54) is 6.92 Å². The van der Waals surface area contributed by atoms with Crippen LogP contribution in [0.1, 0.15) is 12.5 Å². The molecule has 1 atom stereocenters. The summed E-state index contributed by atoms with van der Waals surface area (Å²) in [6.07, 6.45) is -5.81. The molecule has 0 heterocycles. The molecule has 0 aliphatic rings. The van der Waals surface area contributed by atoms with Gasteiger partial charge in [0, 0.05) is 6.92 Å². The van der Waals surface area contributed by atoms with Gasteiger partial charge in [-0.3, -0.25) is 4.79 Å². The van der Waals surface area contributed by atoms with E-state index in [0.29, 0.717) is 0 Å². The van der Waals surface area contributed by atoms with E-state index in [9.17, 15) is 18.0 Å². The van der Waals surface area contributed by atoms with E-state index < -0.39 is 27.6 Å². The van der Waals surface area contributed by atoms with E-state index in [2.05, 4.69) is 10.6 Å². The number of hydrogen-bond donors (Lipinski definition) is 2. The third-order valence-corrected chi connectivity index (χ3v) is 3.25. The Labute approximate surface area is 138 Å². The van der Waals surface area contributed by atoms with Crippen LogP contribution in [-0.2, 0) is 11.0 Å². The lowest BCUT2D eigenvalue weighted by Crippen LogP contribution is -2.48. The minimum atomic E-state index is -4.55. The number of halogens is 7. The van der Waals surface area contributed by atoms with Gasteiger partial charge in [0.15, 0.2) is 0 Å². The number of amides is 1. The normalized spacial score (nSPS) is 13.7. The first-order valence-corrected chi connectivity index (χ1v) is 6.89. The predicted molar refractivity (Wildman–Crippen MR) is 78.0 cm³/mol. The molecule has 0 aliphatic heterocycles. The first-order valence-electron chi connectivity index (χ1n) is 5.38. The fraction of sp³-hybridized carbons (Fsp3) is 0.364. The Balaban J connectivity index is 3.11. The molecule has 0 saturated carbocycles. The summed E-state index contributed by atoms with van der Waals surface area (Å²) in [4.78, 5) is 11.1. The number of alkyl halides is 6. The van der Waals surface area contributed by atoms with Gasteiger partial charge in [-0.15, -0.1) is 0 Å². The van der Waals surface area contributed by atoms with Gasteiger partial charge in [-0.25, -0.2) is 0 Å². The molecule has 1 aromatic rings. The average molecular weight is 384 g/mol. The number of nitrogens with one attached hydrogen (secondary N) is 2. The van der Waals surface area contributed by atoms with Crippen LogP contribution >= 0.6 is 46.4 Å². The summed E-state index contributed by atoms with van der Waals surface area (Å²) in [6.45, 7) is 1.17. The molecular formula is C11H9Cl4F3N2O. The van der Waals surface area contributed by atoms with Crippen molar-refractivity contribution < 1.29 is 18.0 Å². The molecular weight excluding hydrogens is 375 g/mol. The second-order valence-corrected chi connectivity index (χ2v) is 6.79. The highest BCUT2D eigenvalue weighted by Gasteiger charge is 2.35. The number of hydrogen-bond acceptors (Lipinski definition) is 2. The second-order valence-electron chi connectivity index (χ2n) is 4.01. The van der Waals surface area contributed by atoms with Crippen LogP contribution in [-0.4, -0.2) is 15.9 Å². The Morgan fingerprint density at radius 3 is 2.24 bits per heavy atom. The van der Waals surface area contributed by atoms with Crippen molar-refractivity contribution in [3.05, 3.63) is 28.8 Å². The van der Waals surface area contributed by atoms with Crippen LogP contribution in [0.3, 0.4) is 0 Å². The smallest absolute Gasteiger partial charge is 0.361 e. The van der Waals surface area contributed by atoms with Crippen LogP contribution in [0.5, 0.6) is 0 Å². The maximum atomic E-state index is 12.7. The van der Waals surface area contributed by atoms with Crippen molar-refractivity contribution >= 4 is 58.0 Å². The fourth-order valence-corrected chi connectivity index (χ4v) is 1.87. The van der Waals surface area contributed by atoms with Crippen LogP contribution in [0.2, 0.25) is 5.02 Å². The van der Waals surface area contributed by atoms with Crippen molar-refractivity contribution in [2.24, 2.45) is 0 Å². The zero-order valence-corrected chi connectivity index (χ0v) is 13.4.